The van der Waals surface area contributed by atoms with E-state index in [9.17, 15) is 19.8 Å². The number of aromatic amines is 1. The second-order valence-electron chi connectivity index (χ2n) is 9.74. The fourth-order valence-corrected chi connectivity index (χ4v) is 11.6. The predicted molar refractivity (Wildman–Crippen MR) is 142 cm³/mol. The van der Waals surface area contributed by atoms with Crippen LogP contribution in [0.2, 0.25) is 5.04 Å². The third-order valence-electron chi connectivity index (χ3n) is 6.77. The lowest BCUT2D eigenvalue weighted by Gasteiger charge is -2.48. The van der Waals surface area contributed by atoms with Crippen LogP contribution in [0.4, 0.5) is 0 Å². The largest absolute Gasteiger partial charge is 0.393 e. The van der Waals surface area contributed by atoms with Gasteiger partial charge in [0.05, 0.1) is 15.4 Å². The molecule has 1 aliphatic heterocycles. The number of H-pyrrole nitrogens is 1. The maximum absolute atomic E-state index is 12.5. The summed E-state index contributed by atoms with van der Waals surface area (Å²) in [5, 5.41) is 24.9. The number of hydrogen-bond donors (Lipinski definition) is 3. The average molecular weight is 593 g/mol. The molecule has 1 unspecified atom stereocenters. The van der Waals surface area contributed by atoms with Gasteiger partial charge >= 0.3 is 5.69 Å². The number of nitrogens with one attached hydrogen (secondary N) is 1. The molecule has 34 heavy (non-hydrogen) atoms. The molecule has 3 aromatic rings. The van der Waals surface area contributed by atoms with Crippen molar-refractivity contribution >= 4 is 41.0 Å². The van der Waals surface area contributed by atoms with Crippen molar-refractivity contribution in [1.29, 1.82) is 0 Å². The number of nitrogens with zero attached hydrogens (tertiary/aromatic N) is 1. The summed E-state index contributed by atoms with van der Waals surface area (Å²) in [5.74, 6) is 0. The molecule has 0 bridgehead atoms. The van der Waals surface area contributed by atoms with Crippen molar-refractivity contribution in [3.63, 3.8) is 0 Å². The van der Waals surface area contributed by atoms with Crippen molar-refractivity contribution in [2.45, 2.75) is 56.4 Å². The van der Waals surface area contributed by atoms with E-state index >= 15 is 0 Å². The van der Waals surface area contributed by atoms with E-state index in [-0.39, 0.29) is 11.5 Å². The number of aromatic nitrogens is 2. The molecular weight excluding hydrogens is 563 g/mol. The van der Waals surface area contributed by atoms with E-state index in [2.05, 4.69) is 25.8 Å². The number of rotatable bonds is 5. The molecule has 7 nitrogen and oxygen atoms in total. The molecule has 0 saturated carbocycles. The number of aliphatic hydroxyl groups excluding tert-OH is 2. The van der Waals surface area contributed by atoms with Crippen LogP contribution in [0.1, 0.15) is 33.4 Å². The summed E-state index contributed by atoms with van der Waals surface area (Å²) in [6, 6.07) is 19.9. The van der Waals surface area contributed by atoms with Crippen molar-refractivity contribution in [2.24, 2.45) is 0 Å². The highest BCUT2D eigenvalue weighted by Gasteiger charge is 2.58. The van der Waals surface area contributed by atoms with Gasteiger partial charge in [-0.1, -0.05) is 91.8 Å². The lowest BCUT2D eigenvalue weighted by Crippen LogP contribution is -2.74. The van der Waals surface area contributed by atoms with Crippen LogP contribution in [-0.2, 0) is 4.74 Å². The van der Waals surface area contributed by atoms with Gasteiger partial charge in [-0.2, -0.15) is 0 Å². The monoisotopic (exact) mass is 592 g/mol. The van der Waals surface area contributed by atoms with Gasteiger partial charge in [0.1, 0.15) is 12.3 Å². The van der Waals surface area contributed by atoms with E-state index in [1.165, 1.54) is 10.8 Å². The van der Waals surface area contributed by atoms with E-state index in [0.29, 0.717) is 3.57 Å². The zero-order valence-corrected chi connectivity index (χ0v) is 22.5. The molecule has 1 saturated heterocycles. The lowest BCUT2D eigenvalue weighted by molar-refractivity contribution is -0.0621. The second kappa shape index (κ2) is 9.54. The van der Waals surface area contributed by atoms with E-state index in [1.807, 2.05) is 83.3 Å². The van der Waals surface area contributed by atoms with Crippen LogP contribution in [0, 0.1) is 3.57 Å². The molecule has 0 aliphatic carbocycles. The maximum Gasteiger partial charge on any atom is 0.330 e. The molecule has 9 heteroatoms. The Kier molecular flexibility index (Phi) is 7.03. The molecular formula is C25H29IN2O5Si. The maximum atomic E-state index is 12.5. The summed E-state index contributed by atoms with van der Waals surface area (Å²) in [5.41, 5.74) is -2.08. The smallest absolute Gasteiger partial charge is 0.330 e. The molecule has 180 valence electrons. The summed E-state index contributed by atoms with van der Waals surface area (Å²) in [4.78, 5) is 26.5. The van der Waals surface area contributed by atoms with Crippen molar-refractivity contribution in [3.8, 4) is 0 Å². The fourth-order valence-electron chi connectivity index (χ4n) is 5.27. The van der Waals surface area contributed by atoms with Gasteiger partial charge in [0.15, 0.2) is 8.07 Å². The molecule has 0 radical (unpaired) electrons. The van der Waals surface area contributed by atoms with Crippen LogP contribution in [-0.4, -0.2) is 45.8 Å². The van der Waals surface area contributed by atoms with Crippen LogP contribution in [0.15, 0.2) is 76.4 Å². The Balaban J connectivity index is 1.83. The minimum absolute atomic E-state index is 0.127. The third-order valence-corrected chi connectivity index (χ3v) is 13.6. The number of aliphatic hydroxyl groups is 2. The van der Waals surface area contributed by atoms with Gasteiger partial charge in [-0.3, -0.25) is 14.3 Å². The van der Waals surface area contributed by atoms with Crippen LogP contribution in [0.5, 0.6) is 0 Å². The van der Waals surface area contributed by atoms with Crippen molar-refractivity contribution in [2.75, 3.05) is 0 Å². The molecule has 4 atom stereocenters. The van der Waals surface area contributed by atoms with Gasteiger partial charge in [-0.05, 0) is 27.6 Å². The van der Waals surface area contributed by atoms with E-state index in [0.717, 1.165) is 10.4 Å². The average Bonchev–Trinajstić information content (AvgIpc) is 3.18. The highest BCUT2D eigenvalue weighted by molar-refractivity contribution is 14.1. The predicted octanol–water partition coefficient (Wildman–Crippen LogP) is 1.75. The van der Waals surface area contributed by atoms with Gasteiger partial charge in [-0.15, -0.1) is 0 Å². The zero-order chi connectivity index (χ0) is 24.7. The van der Waals surface area contributed by atoms with E-state index in [1.54, 1.807) is 0 Å². The molecule has 2 heterocycles. The van der Waals surface area contributed by atoms with E-state index in [4.69, 9.17) is 4.74 Å². The Bertz CT molecular complexity index is 1220. The standard InChI is InChI=1S/C25H29IN2O5Si/c1-25(2,3)34(16-10-6-4-7-11-16,17-12-8-5-9-13-17)23(31)21-19(29)14-20(33-21)28-15-18(26)22(30)27-24(28)32/h4-13,15,19-21,23,29,31H,14H2,1-3H3,(H,27,30,32)/t19-,20+,21-,23?/m0/s1. The highest BCUT2D eigenvalue weighted by Crippen LogP contribution is 2.42. The summed E-state index contributed by atoms with van der Waals surface area (Å²) >= 11 is 1.85. The first-order valence-electron chi connectivity index (χ1n) is 11.2. The normalized spacial score (nSPS) is 22.0. The second-order valence-corrected chi connectivity index (χ2v) is 15.8. The topological polar surface area (TPSA) is 105 Å². The summed E-state index contributed by atoms with van der Waals surface area (Å²) < 4.78 is 7.84. The Labute approximate surface area is 212 Å². The Morgan fingerprint density at radius 1 is 1.06 bits per heavy atom. The summed E-state index contributed by atoms with van der Waals surface area (Å²) in [6.45, 7) is 6.36. The molecule has 1 fully saturated rings. The Hall–Kier alpha value is -2.05. The van der Waals surface area contributed by atoms with Crippen LogP contribution in [0.25, 0.3) is 0 Å². The first-order chi connectivity index (χ1) is 16.1. The van der Waals surface area contributed by atoms with Crippen molar-refractivity contribution < 1.29 is 14.9 Å². The van der Waals surface area contributed by atoms with Crippen LogP contribution >= 0.6 is 22.6 Å². The van der Waals surface area contributed by atoms with Crippen molar-refractivity contribution in [1.82, 2.24) is 9.55 Å². The highest BCUT2D eigenvalue weighted by atomic mass is 127. The Morgan fingerprint density at radius 2 is 1.59 bits per heavy atom. The van der Waals surface area contributed by atoms with E-state index < -0.39 is 43.5 Å². The minimum Gasteiger partial charge on any atom is -0.393 e. The molecule has 4 rings (SSSR count). The SMILES string of the molecule is CC(C)(C)[Si](c1ccccc1)(c1ccccc1)C(O)[C@H]1O[C@@H](n2cc(I)c(=O)[nH]c2=O)C[C@@H]1O. The first kappa shape index (κ1) is 25.1. The number of hydrogen-bond acceptors (Lipinski definition) is 5. The number of ether oxygens (including phenoxy) is 1. The first-order valence-corrected chi connectivity index (χ1v) is 14.4. The van der Waals surface area contributed by atoms with Gasteiger partial charge in [-0.25, -0.2) is 4.79 Å². The molecule has 1 aromatic heterocycles. The quantitative estimate of drug-likeness (QED) is 0.310. The van der Waals surface area contributed by atoms with Crippen molar-refractivity contribution in [3.05, 3.63) is 91.3 Å². The third kappa shape index (κ3) is 4.24. The fraction of sp³-hybridized carbons (Fsp3) is 0.360. The molecule has 1 aliphatic rings. The molecule has 0 amide bonds. The molecule has 3 N–H and O–H groups in total. The number of halogens is 1. The Morgan fingerprint density at radius 3 is 2.09 bits per heavy atom. The molecule has 2 aromatic carbocycles. The summed E-state index contributed by atoms with van der Waals surface area (Å²) in [6.07, 6.45) is -1.14. The van der Waals surface area contributed by atoms with Gasteiger partial charge in [0, 0.05) is 12.6 Å². The van der Waals surface area contributed by atoms with Crippen LogP contribution < -0.4 is 21.6 Å². The number of benzene rings is 2. The van der Waals surface area contributed by atoms with Crippen LogP contribution in [0.3, 0.4) is 0 Å². The van der Waals surface area contributed by atoms with Gasteiger partial charge < -0.3 is 14.9 Å². The molecule has 0 spiro atoms. The minimum atomic E-state index is -3.00. The van der Waals surface area contributed by atoms with Gasteiger partial charge in [0.25, 0.3) is 5.56 Å². The zero-order valence-electron chi connectivity index (χ0n) is 19.3. The lowest BCUT2D eigenvalue weighted by atomic mass is 10.2. The van der Waals surface area contributed by atoms with Gasteiger partial charge in [0.2, 0.25) is 0 Å². The summed E-state index contributed by atoms with van der Waals surface area (Å²) in [7, 11) is -3.00.